The first-order valence-electron chi connectivity index (χ1n) is 10.7. The topological polar surface area (TPSA) is 121 Å². The van der Waals surface area contributed by atoms with Crippen molar-refractivity contribution in [3.8, 4) is 11.6 Å². The number of nitrogens with one attached hydrogen (secondary N) is 1. The Bertz CT molecular complexity index is 1430. The van der Waals surface area contributed by atoms with E-state index in [-0.39, 0.29) is 31.2 Å². The van der Waals surface area contributed by atoms with Gasteiger partial charge in [0, 0.05) is 29.4 Å². The number of rotatable bonds is 9. The lowest BCUT2D eigenvalue weighted by atomic mass is 10.2. The van der Waals surface area contributed by atoms with Gasteiger partial charge in [-0.25, -0.2) is 14.2 Å². The van der Waals surface area contributed by atoms with E-state index < -0.39 is 11.4 Å². The molecular formula is C24H21ClN6O4. The fourth-order valence-corrected chi connectivity index (χ4v) is 3.29. The van der Waals surface area contributed by atoms with Gasteiger partial charge in [-0.3, -0.25) is 9.36 Å². The van der Waals surface area contributed by atoms with Crippen molar-refractivity contribution in [3.63, 3.8) is 0 Å². The molecule has 0 saturated heterocycles. The van der Waals surface area contributed by atoms with E-state index >= 15 is 0 Å². The van der Waals surface area contributed by atoms with Crippen LogP contribution >= 0.6 is 11.6 Å². The minimum absolute atomic E-state index is 0.0396. The monoisotopic (exact) mass is 492 g/mol. The van der Waals surface area contributed by atoms with Gasteiger partial charge in [-0.15, -0.1) is 5.10 Å². The third-order valence-electron chi connectivity index (χ3n) is 5.01. The standard InChI is InChI=1S/C24H21ClN6O4/c1-2-19(32)15-31-23(33)28-22(30(24(31)34)14-16-5-7-17(25)8-6-16)27-18-9-11-20(12-10-18)35-21-4-3-13-26-29-21/h3-13H,2,14-15H2,1H3,(H,27,28,33). The molecule has 0 aliphatic carbocycles. The molecule has 0 saturated carbocycles. The number of carbonyl (C=O) groups excluding carboxylic acids is 1. The summed E-state index contributed by atoms with van der Waals surface area (Å²) in [4.78, 5) is 41.8. The Kier molecular flexibility index (Phi) is 7.32. The van der Waals surface area contributed by atoms with Crippen molar-refractivity contribution in [2.75, 3.05) is 5.32 Å². The van der Waals surface area contributed by atoms with Crippen molar-refractivity contribution < 1.29 is 9.53 Å². The zero-order chi connectivity index (χ0) is 24.8. The molecule has 2 heterocycles. The largest absolute Gasteiger partial charge is 0.438 e. The molecule has 4 aromatic rings. The molecule has 0 bridgehead atoms. The van der Waals surface area contributed by atoms with Crippen LogP contribution in [0.2, 0.25) is 5.02 Å². The molecule has 1 N–H and O–H groups in total. The molecule has 178 valence electrons. The number of ether oxygens (including phenoxy) is 1. The maximum absolute atomic E-state index is 13.2. The van der Waals surface area contributed by atoms with Gasteiger partial charge in [0.2, 0.25) is 11.8 Å². The molecule has 11 heteroatoms. The van der Waals surface area contributed by atoms with Gasteiger partial charge in [0.05, 0.1) is 13.1 Å². The Labute approximate surface area is 204 Å². The average Bonchev–Trinajstić information content (AvgIpc) is 2.87. The lowest BCUT2D eigenvalue weighted by Crippen LogP contribution is -2.44. The number of carbonyl (C=O) groups is 1. The van der Waals surface area contributed by atoms with Crippen LogP contribution in [-0.2, 0) is 17.9 Å². The molecule has 4 rings (SSSR count). The van der Waals surface area contributed by atoms with Crippen LogP contribution in [0.4, 0.5) is 11.6 Å². The Balaban J connectivity index is 1.66. The van der Waals surface area contributed by atoms with Crippen molar-refractivity contribution in [1.82, 2.24) is 24.3 Å². The van der Waals surface area contributed by atoms with Crippen LogP contribution in [0.3, 0.4) is 0 Å². The van der Waals surface area contributed by atoms with Gasteiger partial charge in [-0.2, -0.15) is 10.1 Å². The predicted octanol–water partition coefficient (Wildman–Crippen LogP) is 3.41. The number of nitrogens with zero attached hydrogens (tertiary/aromatic N) is 5. The number of aromatic nitrogens is 5. The lowest BCUT2D eigenvalue weighted by Gasteiger charge is -2.15. The fourth-order valence-electron chi connectivity index (χ4n) is 3.16. The Morgan fingerprint density at radius 3 is 2.43 bits per heavy atom. The van der Waals surface area contributed by atoms with Crippen LogP contribution in [0.15, 0.2) is 76.4 Å². The normalized spacial score (nSPS) is 10.7. The molecule has 0 aliphatic rings. The van der Waals surface area contributed by atoms with Crippen molar-refractivity contribution >= 4 is 29.0 Å². The Morgan fingerprint density at radius 2 is 1.77 bits per heavy atom. The van der Waals surface area contributed by atoms with E-state index in [0.717, 1.165) is 10.1 Å². The van der Waals surface area contributed by atoms with E-state index in [2.05, 4.69) is 20.5 Å². The van der Waals surface area contributed by atoms with Crippen molar-refractivity contribution in [3.05, 3.63) is 98.4 Å². The van der Waals surface area contributed by atoms with E-state index in [1.165, 1.54) is 4.57 Å². The highest BCUT2D eigenvalue weighted by molar-refractivity contribution is 6.30. The Morgan fingerprint density at radius 1 is 1.03 bits per heavy atom. The van der Waals surface area contributed by atoms with Gasteiger partial charge in [0.25, 0.3) is 0 Å². The van der Waals surface area contributed by atoms with E-state index in [4.69, 9.17) is 16.3 Å². The molecule has 2 aromatic carbocycles. The second kappa shape index (κ2) is 10.7. The zero-order valence-corrected chi connectivity index (χ0v) is 19.5. The van der Waals surface area contributed by atoms with Crippen LogP contribution in [0.25, 0.3) is 0 Å². The van der Waals surface area contributed by atoms with Crippen molar-refractivity contribution in [1.29, 1.82) is 0 Å². The molecule has 2 aromatic heterocycles. The van der Waals surface area contributed by atoms with E-state index in [1.807, 2.05) is 0 Å². The van der Waals surface area contributed by atoms with Crippen molar-refractivity contribution in [2.24, 2.45) is 0 Å². The molecule has 0 unspecified atom stereocenters. The predicted molar refractivity (Wildman–Crippen MR) is 130 cm³/mol. The van der Waals surface area contributed by atoms with Gasteiger partial charge >= 0.3 is 11.4 Å². The van der Waals surface area contributed by atoms with Gasteiger partial charge in [-0.05, 0) is 48.0 Å². The molecule has 0 fully saturated rings. The number of benzene rings is 2. The van der Waals surface area contributed by atoms with Gasteiger partial charge in [0.15, 0.2) is 5.78 Å². The van der Waals surface area contributed by atoms with E-state index in [9.17, 15) is 14.4 Å². The summed E-state index contributed by atoms with van der Waals surface area (Å²) in [5.41, 5.74) is -0.128. The highest BCUT2D eigenvalue weighted by Crippen LogP contribution is 2.22. The third-order valence-corrected chi connectivity index (χ3v) is 5.27. The summed E-state index contributed by atoms with van der Waals surface area (Å²) in [6.45, 7) is 1.44. The summed E-state index contributed by atoms with van der Waals surface area (Å²) in [5.74, 6) is 0.661. The summed E-state index contributed by atoms with van der Waals surface area (Å²) in [5, 5.41) is 11.2. The highest BCUT2D eigenvalue weighted by atomic mass is 35.5. The summed E-state index contributed by atoms with van der Waals surface area (Å²) in [7, 11) is 0. The molecule has 0 aliphatic heterocycles. The van der Waals surface area contributed by atoms with Crippen LogP contribution in [0.5, 0.6) is 11.6 Å². The lowest BCUT2D eigenvalue weighted by molar-refractivity contribution is -0.119. The first-order chi connectivity index (χ1) is 16.9. The van der Waals surface area contributed by atoms with E-state index in [1.54, 1.807) is 73.8 Å². The first-order valence-corrected chi connectivity index (χ1v) is 11.1. The summed E-state index contributed by atoms with van der Waals surface area (Å²) < 4.78 is 7.77. The zero-order valence-electron chi connectivity index (χ0n) is 18.7. The van der Waals surface area contributed by atoms with Crippen LogP contribution in [0, 0.1) is 0 Å². The number of hydrogen-bond acceptors (Lipinski definition) is 8. The summed E-state index contributed by atoms with van der Waals surface area (Å²) >= 11 is 5.97. The minimum Gasteiger partial charge on any atom is -0.438 e. The van der Waals surface area contributed by atoms with Crippen LogP contribution in [0.1, 0.15) is 18.9 Å². The van der Waals surface area contributed by atoms with Crippen LogP contribution < -0.4 is 21.4 Å². The third kappa shape index (κ3) is 5.98. The van der Waals surface area contributed by atoms with Gasteiger partial charge in [0.1, 0.15) is 5.75 Å². The minimum atomic E-state index is -0.811. The first kappa shape index (κ1) is 23.8. The summed E-state index contributed by atoms with van der Waals surface area (Å²) in [6.07, 6.45) is 1.74. The molecule has 0 radical (unpaired) electrons. The highest BCUT2D eigenvalue weighted by Gasteiger charge is 2.16. The Hall–Kier alpha value is -4.31. The van der Waals surface area contributed by atoms with E-state index in [0.29, 0.717) is 22.3 Å². The quantitative estimate of drug-likeness (QED) is 0.377. The van der Waals surface area contributed by atoms with Gasteiger partial charge < -0.3 is 10.1 Å². The SMILES string of the molecule is CCC(=O)Cn1c(=O)nc(Nc2ccc(Oc3cccnn3)cc2)n(Cc2ccc(Cl)cc2)c1=O. The maximum atomic E-state index is 13.2. The molecule has 10 nitrogen and oxygen atoms in total. The molecule has 35 heavy (non-hydrogen) atoms. The second-order valence-corrected chi connectivity index (χ2v) is 7.94. The molecule has 0 amide bonds. The molecular weight excluding hydrogens is 472 g/mol. The molecule has 0 atom stereocenters. The number of Topliss-reactive ketones (excluding diaryl/α,β-unsaturated/α-hetero) is 1. The molecule has 0 spiro atoms. The average molecular weight is 493 g/mol. The number of hydrogen-bond donors (Lipinski definition) is 1. The van der Waals surface area contributed by atoms with Gasteiger partial charge in [-0.1, -0.05) is 30.7 Å². The fraction of sp³-hybridized carbons (Fsp3) is 0.167. The van der Waals surface area contributed by atoms with Crippen molar-refractivity contribution in [2.45, 2.75) is 26.4 Å². The second-order valence-electron chi connectivity index (χ2n) is 7.50. The smallest absolute Gasteiger partial charge is 0.355 e. The van der Waals surface area contributed by atoms with Crippen LogP contribution in [-0.4, -0.2) is 30.1 Å². The number of ketones is 1. The summed E-state index contributed by atoms with van der Waals surface area (Å²) in [6, 6.07) is 17.1. The number of halogens is 1. The number of anilines is 2. The maximum Gasteiger partial charge on any atom is 0.355 e.